The molecule has 9 heterocycles. The Labute approximate surface area is 449 Å². The fourth-order valence-electron chi connectivity index (χ4n) is 8.27. The number of alkyl halides is 3. The van der Waals surface area contributed by atoms with E-state index in [0.717, 1.165) is 17.7 Å². The van der Waals surface area contributed by atoms with E-state index >= 15 is 0 Å². The summed E-state index contributed by atoms with van der Waals surface area (Å²) in [5.74, 6) is 1.74. The maximum atomic E-state index is 13.4. The molecule has 3 aliphatic rings. The number of aromatic nitrogens is 12. The largest absolute Gasteiger partial charge is 0.416 e. The van der Waals surface area contributed by atoms with Gasteiger partial charge in [0.15, 0.2) is 50.9 Å². The van der Waals surface area contributed by atoms with Gasteiger partial charge in [-0.25, -0.2) is 34.3 Å². The van der Waals surface area contributed by atoms with E-state index in [1.54, 1.807) is 30.6 Å². The average Bonchev–Trinajstić information content (AvgIpc) is 3.45. The van der Waals surface area contributed by atoms with Crippen LogP contribution in [0, 0.1) is 5.82 Å². The molecule has 6 N–H and O–H groups in total. The van der Waals surface area contributed by atoms with Gasteiger partial charge in [-0.1, -0.05) is 53.0 Å². The van der Waals surface area contributed by atoms with Gasteiger partial charge < -0.3 is 46.1 Å². The van der Waals surface area contributed by atoms with Crippen LogP contribution in [0.1, 0.15) is 5.56 Å². The zero-order valence-corrected chi connectivity index (χ0v) is 42.6. The van der Waals surface area contributed by atoms with Crippen molar-refractivity contribution in [3.63, 3.8) is 0 Å². The first-order valence-electron chi connectivity index (χ1n) is 23.6. The van der Waals surface area contributed by atoms with Crippen LogP contribution in [0.4, 0.5) is 52.9 Å². The normalized spacial score (nSPS) is 15.0. The lowest BCUT2D eigenvalue weighted by Crippen LogP contribution is -2.37. The monoisotopic (exact) mass is 1110 g/mol. The Balaban J connectivity index is 0.000000131. The highest BCUT2D eigenvalue weighted by Crippen LogP contribution is 2.34. The third kappa shape index (κ3) is 12.1. The molecule has 0 saturated carbocycles. The summed E-state index contributed by atoms with van der Waals surface area (Å²) in [6.45, 7) is 7.60. The third-order valence-electron chi connectivity index (χ3n) is 12.1. The lowest BCUT2D eigenvalue weighted by Gasteiger charge is -2.28. The van der Waals surface area contributed by atoms with Crippen LogP contribution in [0.5, 0.6) is 0 Å². The van der Waals surface area contributed by atoms with Crippen molar-refractivity contribution in [1.29, 1.82) is 0 Å². The predicted molar refractivity (Wildman–Crippen MR) is 284 cm³/mol. The van der Waals surface area contributed by atoms with Crippen LogP contribution < -0.4 is 31.9 Å². The molecule has 0 aliphatic carbocycles. The second-order valence-electron chi connectivity index (χ2n) is 17.1. The molecule has 28 heteroatoms. The molecule has 3 aromatic carbocycles. The number of benzene rings is 3. The lowest BCUT2D eigenvalue weighted by atomic mass is 10.1. The second-order valence-corrected chi connectivity index (χ2v) is 18.4. The van der Waals surface area contributed by atoms with Crippen LogP contribution in [-0.2, 0) is 20.4 Å². The van der Waals surface area contributed by atoms with Crippen molar-refractivity contribution in [2.24, 2.45) is 0 Å². The molecule has 0 amide bonds. The first-order chi connectivity index (χ1) is 37.1. The lowest BCUT2D eigenvalue weighted by molar-refractivity contribution is -0.137. The Morgan fingerprint density at radius 1 is 0.429 bits per heavy atom. The number of rotatable bonds is 6. The van der Waals surface area contributed by atoms with Crippen LogP contribution in [0.15, 0.2) is 79.3 Å². The summed E-state index contributed by atoms with van der Waals surface area (Å²) in [5.41, 5.74) is 23.1. The standard InChI is InChI=1S/C17H15F3N6O.C16H14Cl2N6O.C16H14ClFN6O/c18-17(19,20)11-3-1-10(2-4-11)12-9-22-14-13(23-12)15(25-16(21)24-14)26-5-7-27-8-6-26;17-10-2-1-9(7-11(10)18)12-8-20-14-13(21-12)15(23-16(19)22-14)24-3-5-25-6-4-24;17-10-7-9(1-2-11(10)18)12-8-20-14-13(21-12)15(23-16(19)22-14)24-3-5-25-6-4-24/h1-4,9H,5-8H2,(H2,21,22,24,25);2*1-2,7-8H,3-6H2,(H2,19,20,22,23). The van der Waals surface area contributed by atoms with Crippen molar-refractivity contribution in [2.45, 2.75) is 6.18 Å². The second kappa shape index (κ2) is 22.8. The molecule has 3 fully saturated rings. The molecule has 0 unspecified atom stereocenters. The summed E-state index contributed by atoms with van der Waals surface area (Å²) in [6.07, 6.45) is 0.266. The van der Waals surface area contributed by atoms with E-state index in [0.29, 0.717) is 168 Å². The van der Waals surface area contributed by atoms with Crippen molar-refractivity contribution in [1.82, 2.24) is 59.8 Å². The number of hydrogen-bond acceptors (Lipinski definition) is 21. The Kier molecular flexibility index (Phi) is 15.6. The number of halogens is 7. The molecule has 0 radical (unpaired) electrons. The minimum atomic E-state index is -4.39. The Morgan fingerprint density at radius 2 is 0.779 bits per heavy atom. The Hall–Kier alpha value is -7.81. The van der Waals surface area contributed by atoms with Gasteiger partial charge in [-0.05, 0) is 42.5 Å². The van der Waals surface area contributed by atoms with E-state index in [9.17, 15) is 17.6 Å². The summed E-state index contributed by atoms with van der Waals surface area (Å²) in [5, 5.41) is 0.980. The Morgan fingerprint density at radius 3 is 1.14 bits per heavy atom. The summed E-state index contributed by atoms with van der Waals surface area (Å²) in [6, 6.07) is 14.5. The number of nitrogens with two attached hydrogens (primary N) is 3. The SMILES string of the molecule is Nc1nc(N2CCOCC2)c2nc(-c3ccc(C(F)(F)F)cc3)cnc2n1.Nc1nc(N2CCOCC2)c2nc(-c3ccc(Cl)c(Cl)c3)cnc2n1.Nc1nc(N2CCOCC2)c2nc(-c3ccc(F)c(Cl)c3)cnc2n1. The molecule has 12 rings (SSSR count). The number of morpholine rings is 3. The number of ether oxygens (including phenoxy) is 3. The van der Waals surface area contributed by atoms with E-state index in [1.807, 2.05) is 15.9 Å². The molecule has 6 aromatic heterocycles. The molecule has 396 valence electrons. The summed E-state index contributed by atoms with van der Waals surface area (Å²) in [4.78, 5) is 58.4. The number of anilines is 6. The highest BCUT2D eigenvalue weighted by Gasteiger charge is 2.30. The fraction of sp³-hybridized carbons (Fsp3) is 0.265. The predicted octanol–water partition coefficient (Wildman–Crippen LogP) is 7.63. The van der Waals surface area contributed by atoms with Crippen molar-refractivity contribution < 1.29 is 31.8 Å². The highest BCUT2D eigenvalue weighted by atomic mass is 35.5. The van der Waals surface area contributed by atoms with Gasteiger partial charge in [0.1, 0.15) is 5.82 Å². The molecule has 3 saturated heterocycles. The minimum absolute atomic E-state index is 0.0290. The molecule has 9 aromatic rings. The van der Waals surface area contributed by atoms with Crippen LogP contribution >= 0.6 is 34.8 Å². The average molecular weight is 1110 g/mol. The molecule has 0 bridgehead atoms. The molecule has 21 nitrogen and oxygen atoms in total. The maximum Gasteiger partial charge on any atom is 0.416 e. The summed E-state index contributed by atoms with van der Waals surface area (Å²) >= 11 is 18.0. The minimum Gasteiger partial charge on any atom is -0.378 e. The highest BCUT2D eigenvalue weighted by molar-refractivity contribution is 6.42. The van der Waals surface area contributed by atoms with Crippen molar-refractivity contribution in [3.05, 3.63) is 106 Å². The van der Waals surface area contributed by atoms with Crippen molar-refractivity contribution >= 4 is 104 Å². The number of hydrogen-bond donors (Lipinski definition) is 3. The van der Waals surface area contributed by atoms with E-state index in [4.69, 9.17) is 71.2 Å². The fourth-order valence-corrected chi connectivity index (χ4v) is 8.75. The smallest absolute Gasteiger partial charge is 0.378 e. The Bertz CT molecular complexity index is 3460. The molecular formula is C49H43Cl3F4N18O3. The van der Waals surface area contributed by atoms with E-state index < -0.39 is 17.6 Å². The van der Waals surface area contributed by atoms with Gasteiger partial charge in [-0.15, -0.1) is 0 Å². The summed E-state index contributed by atoms with van der Waals surface area (Å²) in [7, 11) is 0. The number of fused-ring (bicyclic) bond motifs is 3. The van der Waals surface area contributed by atoms with Gasteiger partial charge in [-0.3, -0.25) is 0 Å². The molecule has 3 aliphatic heterocycles. The van der Waals surface area contributed by atoms with E-state index in [-0.39, 0.29) is 22.9 Å². The van der Waals surface area contributed by atoms with Crippen molar-refractivity contribution in [2.75, 3.05) is 111 Å². The van der Waals surface area contributed by atoms with E-state index in [1.165, 1.54) is 30.5 Å². The molecule has 0 atom stereocenters. The topological polar surface area (TPSA) is 270 Å². The van der Waals surface area contributed by atoms with Gasteiger partial charge >= 0.3 is 6.18 Å². The van der Waals surface area contributed by atoms with E-state index in [2.05, 4.69) is 59.7 Å². The van der Waals surface area contributed by atoms with Gasteiger partial charge in [0.2, 0.25) is 17.8 Å². The first kappa shape index (κ1) is 52.6. The molecular weight excluding hydrogens is 1070 g/mol. The third-order valence-corrected chi connectivity index (χ3v) is 13.1. The first-order valence-corrected chi connectivity index (χ1v) is 24.8. The zero-order valence-electron chi connectivity index (χ0n) is 40.3. The van der Waals surface area contributed by atoms with Crippen LogP contribution in [0.3, 0.4) is 0 Å². The molecule has 77 heavy (non-hydrogen) atoms. The summed E-state index contributed by atoms with van der Waals surface area (Å²) < 4.78 is 67.8. The number of nitrogen functional groups attached to an aromatic ring is 3. The van der Waals surface area contributed by atoms with Crippen LogP contribution in [-0.4, -0.2) is 139 Å². The maximum absolute atomic E-state index is 13.4. The number of nitrogens with zero attached hydrogens (tertiary/aromatic N) is 15. The van der Waals surface area contributed by atoms with Gasteiger partial charge in [0.25, 0.3) is 0 Å². The van der Waals surface area contributed by atoms with Gasteiger partial charge in [0, 0.05) is 56.0 Å². The van der Waals surface area contributed by atoms with Gasteiger partial charge in [0.05, 0.1) is 95.9 Å². The van der Waals surface area contributed by atoms with Gasteiger partial charge in [-0.2, -0.15) is 43.1 Å². The van der Waals surface area contributed by atoms with Crippen LogP contribution in [0.25, 0.3) is 67.3 Å². The van der Waals surface area contributed by atoms with Crippen LogP contribution in [0.2, 0.25) is 15.1 Å². The quantitative estimate of drug-likeness (QED) is 0.135. The van der Waals surface area contributed by atoms with Crippen molar-refractivity contribution in [3.8, 4) is 33.8 Å². The zero-order chi connectivity index (χ0) is 53.8. The molecule has 0 spiro atoms.